The third kappa shape index (κ3) is 4.54. The second-order valence-electron chi connectivity index (χ2n) is 6.47. The fourth-order valence-electron chi connectivity index (χ4n) is 3.35. The van der Waals surface area contributed by atoms with Crippen LogP contribution in [0.25, 0.3) is 0 Å². The summed E-state index contributed by atoms with van der Waals surface area (Å²) in [4.78, 5) is 14.5. The van der Waals surface area contributed by atoms with Gasteiger partial charge in [-0.2, -0.15) is 5.10 Å². The van der Waals surface area contributed by atoms with Gasteiger partial charge in [0.2, 0.25) is 5.91 Å². The number of amides is 1. The summed E-state index contributed by atoms with van der Waals surface area (Å²) >= 11 is 0. The van der Waals surface area contributed by atoms with Crippen LogP contribution in [0.2, 0.25) is 0 Å². The van der Waals surface area contributed by atoms with Gasteiger partial charge in [-0.1, -0.05) is 12.1 Å². The van der Waals surface area contributed by atoms with Crippen LogP contribution in [0.5, 0.6) is 5.75 Å². The van der Waals surface area contributed by atoms with Gasteiger partial charge in [0.1, 0.15) is 5.75 Å². The molecule has 2 heterocycles. The number of carbonyl (C=O) groups excluding carboxylic acids is 1. The van der Waals surface area contributed by atoms with Crippen molar-refractivity contribution in [3.63, 3.8) is 0 Å². The predicted octanol–water partition coefficient (Wildman–Crippen LogP) is 2.40. The summed E-state index contributed by atoms with van der Waals surface area (Å²) in [7, 11) is 1.63. The number of ether oxygens (including phenoxy) is 1. The van der Waals surface area contributed by atoms with Gasteiger partial charge in [0.25, 0.3) is 0 Å². The van der Waals surface area contributed by atoms with Crippen LogP contribution in [0.1, 0.15) is 29.4 Å². The quantitative estimate of drug-likeness (QED) is 0.582. The molecular formula is C18H25IN4O3. The number of carbonyl (C=O) groups is 1. The second kappa shape index (κ2) is 8.83. The lowest BCUT2D eigenvalue weighted by atomic mass is 10.0. The molecule has 1 aromatic heterocycles. The maximum absolute atomic E-state index is 12.5. The van der Waals surface area contributed by atoms with E-state index < -0.39 is 6.10 Å². The molecule has 3 N–H and O–H groups in total. The molecule has 1 fully saturated rings. The zero-order valence-electron chi connectivity index (χ0n) is 15.2. The van der Waals surface area contributed by atoms with Crippen molar-refractivity contribution < 1.29 is 14.6 Å². The Morgan fingerprint density at radius 3 is 2.88 bits per heavy atom. The molecule has 1 aliphatic heterocycles. The number of methoxy groups -OCH3 is 1. The van der Waals surface area contributed by atoms with E-state index in [4.69, 9.17) is 4.74 Å². The Morgan fingerprint density at radius 2 is 2.23 bits per heavy atom. The van der Waals surface area contributed by atoms with Gasteiger partial charge in [-0.3, -0.25) is 14.8 Å². The molecule has 0 bridgehead atoms. The van der Waals surface area contributed by atoms with Crippen molar-refractivity contribution in [3.8, 4) is 5.75 Å². The number of anilines is 1. The lowest BCUT2D eigenvalue weighted by molar-refractivity contribution is -0.117. The highest BCUT2D eigenvalue weighted by atomic mass is 127. The SMILES string of the molecule is COc1cccc(C2CC(O)CN2CC(=O)Nc2c(C)n[nH]c2C)c1.I. The molecular weight excluding hydrogens is 447 g/mol. The van der Waals surface area contributed by atoms with Crippen LogP contribution >= 0.6 is 24.0 Å². The van der Waals surface area contributed by atoms with Crippen LogP contribution in [-0.4, -0.2) is 52.4 Å². The van der Waals surface area contributed by atoms with E-state index in [-0.39, 0.29) is 42.5 Å². The lowest BCUT2D eigenvalue weighted by Crippen LogP contribution is -2.34. The Kier molecular flexibility index (Phi) is 7.01. The van der Waals surface area contributed by atoms with E-state index in [1.165, 1.54) is 0 Å². The first-order chi connectivity index (χ1) is 12.0. The van der Waals surface area contributed by atoms with Gasteiger partial charge < -0.3 is 15.2 Å². The minimum absolute atomic E-state index is 0. The van der Waals surface area contributed by atoms with E-state index in [1.807, 2.05) is 43.0 Å². The number of hydrogen-bond donors (Lipinski definition) is 3. The number of nitrogens with one attached hydrogen (secondary N) is 2. The number of nitrogens with zero attached hydrogens (tertiary/aromatic N) is 2. The minimum atomic E-state index is -0.443. The number of aliphatic hydroxyl groups excluding tert-OH is 1. The van der Waals surface area contributed by atoms with E-state index in [0.29, 0.717) is 13.0 Å². The summed E-state index contributed by atoms with van der Waals surface area (Å²) < 4.78 is 5.28. The number of H-pyrrole nitrogens is 1. The number of rotatable bonds is 5. The molecule has 3 rings (SSSR count). The number of aromatic nitrogens is 2. The Hall–Kier alpha value is -1.65. The van der Waals surface area contributed by atoms with Gasteiger partial charge in [-0.25, -0.2) is 0 Å². The number of aliphatic hydroxyl groups is 1. The summed E-state index contributed by atoms with van der Waals surface area (Å²) in [6.07, 6.45) is 0.158. The largest absolute Gasteiger partial charge is 0.497 e. The summed E-state index contributed by atoms with van der Waals surface area (Å²) in [5.74, 6) is 0.655. The third-order valence-corrected chi connectivity index (χ3v) is 4.60. The Labute approximate surface area is 170 Å². The van der Waals surface area contributed by atoms with Crippen molar-refractivity contribution in [1.82, 2.24) is 15.1 Å². The molecule has 0 saturated carbocycles. The summed E-state index contributed by atoms with van der Waals surface area (Å²) in [5.41, 5.74) is 3.36. The standard InChI is InChI=1S/C18H24N4O3.HI/c1-11-18(12(2)21-20-11)19-17(24)10-22-9-14(23)8-16(22)13-5-4-6-15(7-13)25-3;/h4-7,14,16,23H,8-10H2,1-3H3,(H,19,24)(H,20,21);1H. The molecule has 26 heavy (non-hydrogen) atoms. The van der Waals surface area contributed by atoms with Gasteiger partial charge in [-0.15, -0.1) is 24.0 Å². The fourth-order valence-corrected chi connectivity index (χ4v) is 3.35. The van der Waals surface area contributed by atoms with E-state index >= 15 is 0 Å². The first-order valence-electron chi connectivity index (χ1n) is 8.35. The molecule has 2 atom stereocenters. The summed E-state index contributed by atoms with van der Waals surface area (Å²) in [6.45, 7) is 4.40. The van der Waals surface area contributed by atoms with Gasteiger partial charge in [0.15, 0.2) is 0 Å². The number of aryl methyl sites for hydroxylation is 2. The minimum Gasteiger partial charge on any atom is -0.497 e. The Bertz CT molecular complexity index is 745. The molecule has 1 amide bonds. The van der Waals surface area contributed by atoms with E-state index in [0.717, 1.165) is 28.4 Å². The monoisotopic (exact) mass is 472 g/mol. The number of benzene rings is 1. The highest BCUT2D eigenvalue weighted by Crippen LogP contribution is 2.33. The highest BCUT2D eigenvalue weighted by molar-refractivity contribution is 14.0. The van der Waals surface area contributed by atoms with Crippen molar-refractivity contribution in [1.29, 1.82) is 0 Å². The maximum atomic E-state index is 12.5. The predicted molar refractivity (Wildman–Crippen MR) is 110 cm³/mol. The molecule has 2 unspecified atom stereocenters. The zero-order valence-corrected chi connectivity index (χ0v) is 17.5. The molecule has 1 saturated heterocycles. The zero-order chi connectivity index (χ0) is 18.0. The summed E-state index contributed by atoms with van der Waals surface area (Å²) in [6, 6.07) is 7.76. The van der Waals surface area contributed by atoms with E-state index in [2.05, 4.69) is 15.5 Å². The average molecular weight is 472 g/mol. The van der Waals surface area contributed by atoms with Crippen molar-refractivity contribution in [2.75, 3.05) is 25.5 Å². The van der Waals surface area contributed by atoms with Crippen LogP contribution in [0.3, 0.4) is 0 Å². The van der Waals surface area contributed by atoms with Crippen molar-refractivity contribution in [3.05, 3.63) is 41.2 Å². The Morgan fingerprint density at radius 1 is 1.46 bits per heavy atom. The lowest BCUT2D eigenvalue weighted by Gasteiger charge is -2.24. The first kappa shape index (κ1) is 20.7. The molecule has 2 aromatic rings. The van der Waals surface area contributed by atoms with Crippen molar-refractivity contribution in [2.24, 2.45) is 0 Å². The van der Waals surface area contributed by atoms with Crippen LogP contribution in [0, 0.1) is 13.8 Å². The second-order valence-corrected chi connectivity index (χ2v) is 6.47. The third-order valence-electron chi connectivity index (χ3n) is 4.60. The molecule has 1 aromatic carbocycles. The highest BCUT2D eigenvalue weighted by Gasteiger charge is 2.33. The van der Waals surface area contributed by atoms with Crippen LogP contribution in [0.15, 0.2) is 24.3 Å². The van der Waals surface area contributed by atoms with Crippen molar-refractivity contribution in [2.45, 2.75) is 32.4 Å². The normalized spacial score (nSPS) is 19.8. The molecule has 0 radical (unpaired) electrons. The van der Waals surface area contributed by atoms with Gasteiger partial charge in [-0.05, 0) is 38.0 Å². The van der Waals surface area contributed by atoms with Gasteiger partial charge in [0, 0.05) is 12.6 Å². The average Bonchev–Trinajstić information content (AvgIpc) is 3.11. The summed E-state index contributed by atoms with van der Waals surface area (Å²) in [5, 5.41) is 20.0. The van der Waals surface area contributed by atoms with Crippen molar-refractivity contribution >= 4 is 35.6 Å². The molecule has 7 nitrogen and oxygen atoms in total. The van der Waals surface area contributed by atoms with Gasteiger partial charge >= 0.3 is 0 Å². The molecule has 8 heteroatoms. The first-order valence-corrected chi connectivity index (χ1v) is 8.35. The van der Waals surface area contributed by atoms with Crippen LogP contribution < -0.4 is 10.1 Å². The maximum Gasteiger partial charge on any atom is 0.238 e. The van der Waals surface area contributed by atoms with E-state index in [1.54, 1.807) is 7.11 Å². The fraction of sp³-hybridized carbons (Fsp3) is 0.444. The van der Waals surface area contributed by atoms with Crippen LogP contribution in [0.4, 0.5) is 5.69 Å². The number of likely N-dealkylation sites (tertiary alicyclic amines) is 1. The van der Waals surface area contributed by atoms with Crippen LogP contribution in [-0.2, 0) is 4.79 Å². The Balaban J connectivity index is 0.00000243. The molecule has 142 valence electrons. The number of aromatic amines is 1. The number of hydrogen-bond acceptors (Lipinski definition) is 5. The molecule has 0 aliphatic carbocycles. The van der Waals surface area contributed by atoms with E-state index in [9.17, 15) is 9.90 Å². The van der Waals surface area contributed by atoms with Gasteiger partial charge in [0.05, 0.1) is 36.8 Å². The number of halogens is 1. The molecule has 0 spiro atoms. The topological polar surface area (TPSA) is 90.5 Å². The smallest absolute Gasteiger partial charge is 0.238 e. The molecule has 1 aliphatic rings. The number of β-amino-alcohol motifs (C(OH)–C–C–N with tert-alkyl or cyclic N) is 1.